The topological polar surface area (TPSA) is 68.0 Å². The van der Waals surface area contributed by atoms with E-state index in [9.17, 15) is 4.79 Å². The molecule has 2 heterocycles. The van der Waals surface area contributed by atoms with Crippen molar-refractivity contribution in [3.05, 3.63) is 54.6 Å². The molecule has 0 fully saturated rings. The molecule has 1 N–H and O–H groups in total. The summed E-state index contributed by atoms with van der Waals surface area (Å²) in [5.74, 6) is -1.03. The lowest BCUT2D eigenvalue weighted by molar-refractivity contribution is 0.0690. The summed E-state index contributed by atoms with van der Waals surface area (Å²) in [6.45, 7) is 0. The predicted octanol–water partition coefficient (Wildman–Crippen LogP) is 2.12. The maximum absolute atomic E-state index is 10.8. The molecule has 0 radical (unpaired) electrons. The highest BCUT2D eigenvalue weighted by atomic mass is 16.4. The fourth-order valence-corrected chi connectivity index (χ4v) is 1.88. The zero-order valence-electron chi connectivity index (χ0n) is 9.32. The molecule has 0 atom stereocenters. The van der Waals surface area contributed by atoms with Crippen molar-refractivity contribution in [3.8, 4) is 5.69 Å². The average Bonchev–Trinajstić information content (AvgIpc) is 2.87. The number of hydrogen-bond acceptors (Lipinski definition) is 3. The summed E-state index contributed by atoms with van der Waals surface area (Å²) >= 11 is 0. The van der Waals surface area contributed by atoms with Crippen molar-refractivity contribution in [2.45, 2.75) is 0 Å². The number of carbonyl (C=O) groups is 1. The van der Waals surface area contributed by atoms with Crippen LogP contribution >= 0.6 is 0 Å². The molecule has 0 unspecified atom stereocenters. The molecule has 1 aromatic carbocycles. The molecule has 88 valence electrons. The smallest absolute Gasteiger partial charge is 0.356 e. The zero-order valence-corrected chi connectivity index (χ0v) is 9.32. The quantitative estimate of drug-likeness (QED) is 0.743. The minimum absolute atomic E-state index is 0.0288. The first-order valence-corrected chi connectivity index (χ1v) is 5.38. The number of rotatable bonds is 2. The molecular formula is C13H9N3O2. The van der Waals surface area contributed by atoms with Crippen LogP contribution in [-0.2, 0) is 0 Å². The van der Waals surface area contributed by atoms with Crippen LogP contribution in [0.4, 0.5) is 0 Å². The number of fused-ring (bicyclic) bond motifs is 1. The monoisotopic (exact) mass is 239 g/mol. The summed E-state index contributed by atoms with van der Waals surface area (Å²) < 4.78 is 1.56. The highest BCUT2D eigenvalue weighted by molar-refractivity contribution is 5.89. The lowest BCUT2D eigenvalue weighted by Crippen LogP contribution is -2.01. The minimum atomic E-state index is -1.03. The van der Waals surface area contributed by atoms with Gasteiger partial charge in [0.2, 0.25) is 0 Å². The van der Waals surface area contributed by atoms with Crippen molar-refractivity contribution < 1.29 is 9.90 Å². The van der Waals surface area contributed by atoms with Crippen molar-refractivity contribution in [2.75, 3.05) is 0 Å². The van der Waals surface area contributed by atoms with Gasteiger partial charge in [-0.2, -0.15) is 5.10 Å². The predicted molar refractivity (Wildman–Crippen MR) is 65.8 cm³/mol. The van der Waals surface area contributed by atoms with Gasteiger partial charge < -0.3 is 5.11 Å². The first kappa shape index (κ1) is 10.5. The van der Waals surface area contributed by atoms with Crippen LogP contribution in [0.25, 0.3) is 16.5 Å². The third-order valence-electron chi connectivity index (χ3n) is 2.71. The molecule has 3 aromatic rings. The fourth-order valence-electron chi connectivity index (χ4n) is 1.88. The van der Waals surface area contributed by atoms with Crippen molar-refractivity contribution in [1.29, 1.82) is 0 Å². The molecule has 0 aliphatic carbocycles. The van der Waals surface area contributed by atoms with Gasteiger partial charge in [0, 0.05) is 29.4 Å². The maximum Gasteiger partial charge on any atom is 0.356 e. The second-order valence-corrected chi connectivity index (χ2v) is 3.82. The van der Waals surface area contributed by atoms with E-state index < -0.39 is 5.97 Å². The first-order valence-electron chi connectivity index (χ1n) is 5.38. The summed E-state index contributed by atoms with van der Waals surface area (Å²) in [4.78, 5) is 14.9. The number of aromatic nitrogens is 3. The summed E-state index contributed by atoms with van der Waals surface area (Å²) in [7, 11) is 0. The van der Waals surface area contributed by atoms with Crippen LogP contribution in [0.1, 0.15) is 10.5 Å². The molecule has 0 aliphatic rings. The van der Waals surface area contributed by atoms with Gasteiger partial charge in [0.1, 0.15) is 0 Å². The zero-order chi connectivity index (χ0) is 12.5. The van der Waals surface area contributed by atoms with E-state index in [0.717, 1.165) is 16.5 Å². The van der Waals surface area contributed by atoms with Gasteiger partial charge in [-0.25, -0.2) is 9.48 Å². The Kier molecular flexibility index (Phi) is 2.30. The van der Waals surface area contributed by atoms with Gasteiger partial charge in [0.05, 0.1) is 5.69 Å². The maximum atomic E-state index is 10.8. The van der Waals surface area contributed by atoms with E-state index in [1.807, 2.05) is 24.3 Å². The molecular weight excluding hydrogens is 230 g/mol. The normalized spacial score (nSPS) is 10.7. The van der Waals surface area contributed by atoms with Crippen LogP contribution in [0.3, 0.4) is 0 Å². The Bertz CT molecular complexity index is 728. The molecule has 2 aromatic heterocycles. The standard InChI is InChI=1S/C13H9N3O2/c17-13(18)11-5-7-16(15-11)12-3-1-2-9-8-14-6-4-10(9)12/h1-8H,(H,17,18). The Morgan fingerprint density at radius 3 is 2.89 bits per heavy atom. The second-order valence-electron chi connectivity index (χ2n) is 3.82. The molecule has 0 spiro atoms. The Morgan fingerprint density at radius 2 is 2.11 bits per heavy atom. The number of benzene rings is 1. The Hall–Kier alpha value is -2.69. The fraction of sp³-hybridized carbons (Fsp3) is 0. The van der Waals surface area contributed by atoms with Crippen molar-refractivity contribution in [3.63, 3.8) is 0 Å². The highest BCUT2D eigenvalue weighted by Crippen LogP contribution is 2.20. The van der Waals surface area contributed by atoms with E-state index in [0.29, 0.717) is 0 Å². The van der Waals surface area contributed by atoms with Crippen LogP contribution in [0.5, 0.6) is 0 Å². The summed E-state index contributed by atoms with van der Waals surface area (Å²) in [6.07, 6.45) is 5.10. The third-order valence-corrected chi connectivity index (χ3v) is 2.71. The molecule has 0 bridgehead atoms. The largest absolute Gasteiger partial charge is 0.476 e. The lowest BCUT2D eigenvalue weighted by Gasteiger charge is -2.05. The van der Waals surface area contributed by atoms with E-state index in [2.05, 4.69) is 10.1 Å². The van der Waals surface area contributed by atoms with Crippen molar-refractivity contribution >= 4 is 16.7 Å². The number of aromatic carboxylic acids is 1. The molecule has 5 heteroatoms. The van der Waals surface area contributed by atoms with Gasteiger partial charge >= 0.3 is 5.97 Å². The molecule has 0 saturated carbocycles. The number of carboxylic acid groups (broad SMARTS) is 1. The number of carboxylic acids is 1. The molecule has 3 rings (SSSR count). The van der Waals surface area contributed by atoms with Gasteiger partial charge in [-0.15, -0.1) is 0 Å². The van der Waals surface area contributed by atoms with Crippen LogP contribution in [0.15, 0.2) is 48.9 Å². The Labute approximate surface area is 102 Å². The van der Waals surface area contributed by atoms with Crippen molar-refractivity contribution in [1.82, 2.24) is 14.8 Å². The van der Waals surface area contributed by atoms with E-state index >= 15 is 0 Å². The average molecular weight is 239 g/mol. The van der Waals surface area contributed by atoms with Gasteiger partial charge in [-0.1, -0.05) is 12.1 Å². The van der Waals surface area contributed by atoms with Crippen LogP contribution < -0.4 is 0 Å². The molecule has 0 amide bonds. The first-order chi connectivity index (χ1) is 8.75. The SMILES string of the molecule is O=C(O)c1ccn(-c2cccc3cnccc23)n1. The van der Waals surface area contributed by atoms with Gasteiger partial charge in [0.25, 0.3) is 0 Å². The van der Waals surface area contributed by atoms with E-state index in [1.54, 1.807) is 23.3 Å². The molecule has 0 saturated heterocycles. The van der Waals surface area contributed by atoms with Crippen molar-refractivity contribution in [2.24, 2.45) is 0 Å². The van der Waals surface area contributed by atoms with Gasteiger partial charge in [0.15, 0.2) is 5.69 Å². The van der Waals surface area contributed by atoms with E-state index in [-0.39, 0.29) is 5.69 Å². The van der Waals surface area contributed by atoms with Crippen LogP contribution in [0, 0.1) is 0 Å². The number of pyridine rings is 1. The van der Waals surface area contributed by atoms with Crippen LogP contribution in [0.2, 0.25) is 0 Å². The second kappa shape index (κ2) is 3.96. The Balaban J connectivity index is 2.21. The van der Waals surface area contributed by atoms with E-state index in [1.165, 1.54) is 6.07 Å². The number of hydrogen-bond donors (Lipinski definition) is 1. The van der Waals surface area contributed by atoms with Crippen LogP contribution in [-0.4, -0.2) is 25.8 Å². The minimum Gasteiger partial charge on any atom is -0.476 e. The molecule has 18 heavy (non-hydrogen) atoms. The molecule has 5 nitrogen and oxygen atoms in total. The van der Waals surface area contributed by atoms with E-state index in [4.69, 9.17) is 5.11 Å². The number of nitrogens with zero attached hydrogens (tertiary/aromatic N) is 3. The Morgan fingerprint density at radius 1 is 1.22 bits per heavy atom. The molecule has 0 aliphatic heterocycles. The van der Waals surface area contributed by atoms with Gasteiger partial charge in [-0.05, 0) is 18.2 Å². The summed E-state index contributed by atoms with van der Waals surface area (Å²) in [6, 6.07) is 9.09. The summed E-state index contributed by atoms with van der Waals surface area (Å²) in [5.41, 5.74) is 0.864. The lowest BCUT2D eigenvalue weighted by atomic mass is 10.1. The third kappa shape index (κ3) is 1.62. The highest BCUT2D eigenvalue weighted by Gasteiger charge is 2.09. The summed E-state index contributed by atoms with van der Waals surface area (Å²) in [5, 5.41) is 14.9. The van der Waals surface area contributed by atoms with Gasteiger partial charge in [-0.3, -0.25) is 4.98 Å².